The fraction of sp³-hybridized carbons (Fsp3) is 0.525. The molecule has 4 nitrogen and oxygen atoms in total. The SMILES string of the molecule is C[SiH](C)OC(C1CCCC1)C(CCc1ccc(C(C)(C)C)c(NC(=O)CC2c3ccccc3Oc3ccccc32)c1)C(C)(C)C. The number of rotatable bonds is 10. The van der Waals surface area contributed by atoms with E-state index in [0.717, 1.165) is 46.7 Å². The average Bonchev–Trinajstić information content (AvgIpc) is 3.50. The predicted molar refractivity (Wildman–Crippen MR) is 190 cm³/mol. The quantitative estimate of drug-likeness (QED) is 0.228. The molecule has 1 aliphatic heterocycles. The van der Waals surface area contributed by atoms with Crippen molar-refractivity contribution in [1.82, 2.24) is 0 Å². The molecule has 1 N–H and O–H groups in total. The summed E-state index contributed by atoms with van der Waals surface area (Å²) >= 11 is 0. The third kappa shape index (κ3) is 8.10. The lowest BCUT2D eigenvalue weighted by atomic mass is 9.71. The Hall–Kier alpha value is -2.89. The number of nitrogens with one attached hydrogen (secondary N) is 1. The van der Waals surface area contributed by atoms with Gasteiger partial charge in [-0.15, -0.1) is 0 Å². The van der Waals surface area contributed by atoms with Gasteiger partial charge in [0.25, 0.3) is 0 Å². The first-order chi connectivity index (χ1) is 21.3. The second kappa shape index (κ2) is 13.8. The van der Waals surface area contributed by atoms with Crippen LogP contribution in [0.15, 0.2) is 66.7 Å². The van der Waals surface area contributed by atoms with Crippen molar-refractivity contribution in [1.29, 1.82) is 0 Å². The summed E-state index contributed by atoms with van der Waals surface area (Å²) in [5.74, 6) is 2.81. The molecule has 5 heteroatoms. The molecule has 0 spiro atoms. The standard InChI is InChI=1S/C40H55NO3Si/c1-39(2,3)32-23-21-27(22-24-33(40(4,5)6)38(44-45(7)8)28-15-9-10-16-28)25-34(32)41-37(42)26-31-29-17-11-13-19-35(29)43-36-20-14-12-18-30(31)36/h11-14,17-21,23,25,28,31,33,38,45H,9-10,15-16,22,24,26H2,1-8H3,(H,41,42). The molecule has 5 rings (SSSR count). The summed E-state index contributed by atoms with van der Waals surface area (Å²) in [6, 6.07) is 22.9. The van der Waals surface area contributed by atoms with Gasteiger partial charge in [0.1, 0.15) is 11.5 Å². The molecule has 2 atom stereocenters. The molecule has 2 unspecified atom stereocenters. The van der Waals surface area contributed by atoms with Crippen molar-refractivity contribution in [2.75, 3.05) is 5.32 Å². The molecule has 0 bridgehead atoms. The summed E-state index contributed by atoms with van der Waals surface area (Å²) < 4.78 is 13.0. The van der Waals surface area contributed by atoms with Crippen LogP contribution in [0.5, 0.6) is 11.5 Å². The summed E-state index contributed by atoms with van der Waals surface area (Å²) in [7, 11) is -1.18. The highest BCUT2D eigenvalue weighted by molar-refractivity contribution is 6.48. The molecule has 1 saturated carbocycles. The van der Waals surface area contributed by atoms with Gasteiger partial charge in [-0.25, -0.2) is 0 Å². The normalized spacial score (nSPS) is 17.0. The topological polar surface area (TPSA) is 47.6 Å². The highest BCUT2D eigenvalue weighted by Gasteiger charge is 2.39. The molecule has 1 aliphatic carbocycles. The van der Waals surface area contributed by atoms with E-state index in [2.05, 4.69) is 90.3 Å². The van der Waals surface area contributed by atoms with Gasteiger partial charge in [-0.3, -0.25) is 4.79 Å². The van der Waals surface area contributed by atoms with Crippen molar-refractivity contribution in [2.45, 2.75) is 117 Å². The monoisotopic (exact) mass is 625 g/mol. The van der Waals surface area contributed by atoms with Crippen LogP contribution in [0.2, 0.25) is 13.1 Å². The molecule has 45 heavy (non-hydrogen) atoms. The van der Waals surface area contributed by atoms with Crippen LogP contribution in [-0.2, 0) is 21.1 Å². The van der Waals surface area contributed by atoms with Gasteiger partial charge in [0.05, 0.1) is 6.10 Å². The second-order valence-electron chi connectivity index (χ2n) is 15.8. The van der Waals surface area contributed by atoms with Crippen LogP contribution in [0, 0.1) is 17.3 Å². The molecule has 0 radical (unpaired) electrons. The van der Waals surface area contributed by atoms with E-state index >= 15 is 0 Å². The van der Waals surface area contributed by atoms with Gasteiger partial charge in [-0.1, -0.05) is 103 Å². The molecule has 1 amide bonds. The maximum atomic E-state index is 13.9. The number of ether oxygens (including phenoxy) is 1. The summed E-state index contributed by atoms with van der Waals surface area (Å²) in [5.41, 5.74) is 5.56. The molecule has 1 fully saturated rings. The molecule has 1 heterocycles. The number of amides is 1. The summed E-state index contributed by atoms with van der Waals surface area (Å²) in [4.78, 5) is 13.9. The summed E-state index contributed by atoms with van der Waals surface area (Å²) in [6.45, 7) is 18.5. The van der Waals surface area contributed by atoms with Crippen LogP contribution in [0.25, 0.3) is 0 Å². The Morgan fingerprint density at radius 2 is 1.51 bits per heavy atom. The summed E-state index contributed by atoms with van der Waals surface area (Å²) in [5, 5.41) is 3.38. The van der Waals surface area contributed by atoms with Crippen molar-refractivity contribution >= 4 is 20.6 Å². The Morgan fingerprint density at radius 1 is 0.911 bits per heavy atom. The molecule has 0 aromatic heterocycles. The van der Waals surface area contributed by atoms with E-state index in [1.54, 1.807) is 0 Å². The number of anilines is 1. The van der Waals surface area contributed by atoms with Crippen LogP contribution >= 0.6 is 0 Å². The number of carbonyl (C=O) groups is 1. The average molecular weight is 626 g/mol. The Kier molecular flexibility index (Phi) is 10.3. The smallest absolute Gasteiger partial charge is 0.225 e. The van der Waals surface area contributed by atoms with Gasteiger partial charge >= 0.3 is 0 Å². The minimum absolute atomic E-state index is 0.0262. The van der Waals surface area contributed by atoms with Crippen molar-refractivity contribution in [3.05, 3.63) is 89.0 Å². The van der Waals surface area contributed by atoms with Gasteiger partial charge in [-0.05, 0) is 90.8 Å². The third-order valence-corrected chi connectivity index (χ3v) is 10.8. The largest absolute Gasteiger partial charge is 0.457 e. The minimum Gasteiger partial charge on any atom is -0.457 e. The number of carbonyl (C=O) groups excluding carboxylic acids is 1. The lowest BCUT2D eigenvalue weighted by molar-refractivity contribution is -0.116. The van der Waals surface area contributed by atoms with Gasteiger partial charge < -0.3 is 14.5 Å². The van der Waals surface area contributed by atoms with E-state index in [4.69, 9.17) is 9.16 Å². The highest BCUT2D eigenvalue weighted by atomic mass is 28.3. The lowest BCUT2D eigenvalue weighted by Gasteiger charge is -2.41. The molecular formula is C40H55NO3Si. The number of para-hydroxylation sites is 2. The Labute approximate surface area is 274 Å². The zero-order valence-electron chi connectivity index (χ0n) is 28.9. The molecule has 242 valence electrons. The molecule has 2 aliphatic rings. The van der Waals surface area contributed by atoms with E-state index in [-0.39, 0.29) is 22.7 Å². The Morgan fingerprint density at radius 3 is 2.07 bits per heavy atom. The van der Waals surface area contributed by atoms with Crippen LogP contribution in [0.4, 0.5) is 5.69 Å². The van der Waals surface area contributed by atoms with E-state index in [9.17, 15) is 4.79 Å². The number of hydrogen-bond donors (Lipinski definition) is 1. The third-order valence-electron chi connectivity index (χ3n) is 9.91. The predicted octanol–water partition coefficient (Wildman–Crippen LogP) is 10.4. The molecule has 3 aromatic carbocycles. The van der Waals surface area contributed by atoms with Gasteiger partial charge in [0.15, 0.2) is 9.04 Å². The highest BCUT2D eigenvalue weighted by Crippen LogP contribution is 2.46. The fourth-order valence-corrected chi connectivity index (χ4v) is 8.71. The first-order valence-corrected chi connectivity index (χ1v) is 20.0. The van der Waals surface area contributed by atoms with Crippen LogP contribution < -0.4 is 10.1 Å². The number of benzene rings is 3. The molecule has 3 aromatic rings. The zero-order chi connectivity index (χ0) is 32.4. The summed E-state index contributed by atoms with van der Waals surface area (Å²) in [6.07, 6.45) is 8.04. The number of aryl methyl sites for hydroxylation is 1. The maximum absolute atomic E-state index is 13.9. The first kappa shape index (κ1) is 33.5. The van der Waals surface area contributed by atoms with E-state index in [1.807, 2.05) is 36.4 Å². The van der Waals surface area contributed by atoms with Crippen molar-refractivity contribution in [3.63, 3.8) is 0 Å². The van der Waals surface area contributed by atoms with Crippen molar-refractivity contribution in [3.8, 4) is 11.5 Å². The maximum Gasteiger partial charge on any atom is 0.225 e. The van der Waals surface area contributed by atoms with Crippen molar-refractivity contribution in [2.24, 2.45) is 17.3 Å². The minimum atomic E-state index is -1.18. The number of fused-ring (bicyclic) bond motifs is 2. The van der Waals surface area contributed by atoms with E-state index < -0.39 is 9.04 Å². The zero-order valence-corrected chi connectivity index (χ0v) is 30.1. The number of hydrogen-bond acceptors (Lipinski definition) is 3. The van der Waals surface area contributed by atoms with Crippen LogP contribution in [-0.4, -0.2) is 21.1 Å². The van der Waals surface area contributed by atoms with E-state index in [1.165, 1.54) is 31.2 Å². The molecule has 0 saturated heterocycles. The Bertz CT molecular complexity index is 1420. The fourth-order valence-electron chi connectivity index (χ4n) is 7.67. The second-order valence-corrected chi connectivity index (χ2v) is 18.2. The van der Waals surface area contributed by atoms with Crippen molar-refractivity contribution < 1.29 is 14.0 Å². The van der Waals surface area contributed by atoms with Gasteiger partial charge in [-0.2, -0.15) is 0 Å². The van der Waals surface area contributed by atoms with Crippen LogP contribution in [0.3, 0.4) is 0 Å². The molecular weight excluding hydrogens is 571 g/mol. The van der Waals surface area contributed by atoms with Gasteiger partial charge in [0, 0.05) is 29.2 Å². The Balaban J connectivity index is 1.38. The van der Waals surface area contributed by atoms with Gasteiger partial charge in [0.2, 0.25) is 5.91 Å². The van der Waals surface area contributed by atoms with Crippen LogP contribution in [0.1, 0.15) is 108 Å². The lowest BCUT2D eigenvalue weighted by Crippen LogP contribution is -2.41. The first-order valence-electron chi connectivity index (χ1n) is 17.3. The van der Waals surface area contributed by atoms with E-state index in [0.29, 0.717) is 24.4 Å².